The summed E-state index contributed by atoms with van der Waals surface area (Å²) in [6.07, 6.45) is 0. The molecule has 1 heterocycles. The molecule has 23 heavy (non-hydrogen) atoms. The lowest BCUT2D eigenvalue weighted by Crippen LogP contribution is -2.52. The number of piperazine rings is 1. The lowest BCUT2D eigenvalue weighted by atomic mass is 10.1. The summed E-state index contributed by atoms with van der Waals surface area (Å²) in [6, 6.07) is 4.28. The second kappa shape index (κ2) is 7.14. The fraction of sp³-hybridized carbons (Fsp3) is 0.500. The van der Waals surface area contributed by atoms with Crippen LogP contribution in [0.15, 0.2) is 23.1 Å². The monoisotopic (exact) mass is 361 g/mol. The normalized spacial score (nSPS) is 19.2. The van der Waals surface area contributed by atoms with Gasteiger partial charge >= 0.3 is 0 Å². The van der Waals surface area contributed by atoms with E-state index in [0.717, 1.165) is 0 Å². The minimum atomic E-state index is -3.92. The number of hydroxylamine groups is 1. The molecule has 0 aliphatic carbocycles. The van der Waals surface area contributed by atoms with E-state index >= 15 is 0 Å². The number of carbonyl (C=O) groups excluding carboxylic acids is 1. The molecule has 1 aromatic carbocycles. The van der Waals surface area contributed by atoms with Crippen molar-refractivity contribution in [3.05, 3.63) is 28.8 Å². The van der Waals surface area contributed by atoms with Gasteiger partial charge in [0.1, 0.15) is 4.90 Å². The van der Waals surface area contributed by atoms with Crippen LogP contribution in [0.25, 0.3) is 0 Å². The molecule has 0 saturated carbocycles. The number of nitrogens with one attached hydrogen (secondary N) is 1. The Hall–Kier alpha value is -1.19. The van der Waals surface area contributed by atoms with Crippen molar-refractivity contribution in [2.24, 2.45) is 0 Å². The van der Waals surface area contributed by atoms with Crippen LogP contribution in [-0.2, 0) is 14.9 Å². The van der Waals surface area contributed by atoms with E-state index in [2.05, 4.69) is 5.32 Å². The molecule has 9 heteroatoms. The lowest BCUT2D eigenvalue weighted by molar-refractivity contribution is -0.0258. The maximum atomic E-state index is 12.7. The van der Waals surface area contributed by atoms with Gasteiger partial charge in [-0.2, -0.15) is 0 Å². The SMILES string of the molecule is CON(C)S(=O)(=O)c1cc(C(=O)N2CCNC[C@@H]2C)ccc1Cl. The molecule has 0 spiro atoms. The van der Waals surface area contributed by atoms with Crippen molar-refractivity contribution in [2.45, 2.75) is 17.9 Å². The maximum absolute atomic E-state index is 12.7. The average Bonchev–Trinajstić information content (AvgIpc) is 2.54. The Bertz CT molecular complexity index is 695. The van der Waals surface area contributed by atoms with Gasteiger partial charge in [-0.1, -0.05) is 16.1 Å². The van der Waals surface area contributed by atoms with Crippen LogP contribution in [0.1, 0.15) is 17.3 Å². The van der Waals surface area contributed by atoms with Gasteiger partial charge in [0.05, 0.1) is 12.1 Å². The number of benzene rings is 1. The number of carbonyl (C=O) groups is 1. The molecule has 7 nitrogen and oxygen atoms in total. The molecular weight excluding hydrogens is 342 g/mol. The van der Waals surface area contributed by atoms with Gasteiger partial charge in [-0.25, -0.2) is 8.42 Å². The van der Waals surface area contributed by atoms with Crippen LogP contribution in [0.5, 0.6) is 0 Å². The summed E-state index contributed by atoms with van der Waals surface area (Å²) < 4.78 is 25.5. The Morgan fingerprint density at radius 3 is 2.78 bits per heavy atom. The number of nitrogens with zero attached hydrogens (tertiary/aromatic N) is 2. The van der Waals surface area contributed by atoms with E-state index in [1.54, 1.807) is 4.90 Å². The van der Waals surface area contributed by atoms with Crippen molar-refractivity contribution >= 4 is 27.5 Å². The second-order valence-electron chi connectivity index (χ2n) is 5.29. The maximum Gasteiger partial charge on any atom is 0.266 e. The quantitative estimate of drug-likeness (QED) is 0.808. The van der Waals surface area contributed by atoms with Gasteiger partial charge in [0, 0.05) is 38.3 Å². The summed E-state index contributed by atoms with van der Waals surface area (Å²) in [7, 11) is -1.42. The van der Waals surface area contributed by atoms with Gasteiger partial charge in [-0.05, 0) is 25.1 Å². The van der Waals surface area contributed by atoms with Crippen LogP contribution in [0, 0.1) is 0 Å². The molecule has 1 N–H and O–H groups in total. The third-order valence-electron chi connectivity index (χ3n) is 3.81. The van der Waals surface area contributed by atoms with Crippen LogP contribution in [0.2, 0.25) is 5.02 Å². The summed E-state index contributed by atoms with van der Waals surface area (Å²) in [4.78, 5) is 19.0. The van der Waals surface area contributed by atoms with Gasteiger partial charge in [0.2, 0.25) is 0 Å². The molecule has 1 aromatic rings. The fourth-order valence-corrected chi connectivity index (χ4v) is 3.85. The first-order chi connectivity index (χ1) is 10.8. The molecule has 1 aliphatic rings. The molecule has 128 valence electrons. The average molecular weight is 362 g/mol. The molecule has 0 unspecified atom stereocenters. The Labute approximate surface area is 141 Å². The third kappa shape index (κ3) is 3.67. The Balaban J connectivity index is 2.39. The molecule has 1 atom stereocenters. The molecule has 0 aromatic heterocycles. The van der Waals surface area contributed by atoms with Gasteiger partial charge in [-0.15, -0.1) is 0 Å². The molecule has 1 fully saturated rings. The van der Waals surface area contributed by atoms with E-state index in [9.17, 15) is 13.2 Å². The molecule has 1 saturated heterocycles. The summed E-state index contributed by atoms with van der Waals surface area (Å²) in [5.74, 6) is -0.216. The Morgan fingerprint density at radius 1 is 1.48 bits per heavy atom. The van der Waals surface area contributed by atoms with Gasteiger partial charge in [0.15, 0.2) is 0 Å². The second-order valence-corrected chi connectivity index (χ2v) is 7.61. The first-order valence-electron chi connectivity index (χ1n) is 7.13. The van der Waals surface area contributed by atoms with Crippen LogP contribution >= 0.6 is 11.6 Å². The highest BCUT2D eigenvalue weighted by molar-refractivity contribution is 7.89. The van der Waals surface area contributed by atoms with Crippen molar-refractivity contribution < 1.29 is 18.0 Å². The predicted octanol–water partition coefficient (Wildman–Crippen LogP) is 0.956. The van der Waals surface area contributed by atoms with Crippen LogP contribution < -0.4 is 5.32 Å². The molecule has 0 bridgehead atoms. The summed E-state index contributed by atoms with van der Waals surface area (Å²) in [6.45, 7) is 3.93. The van der Waals surface area contributed by atoms with Gasteiger partial charge in [-0.3, -0.25) is 9.63 Å². The zero-order chi connectivity index (χ0) is 17.2. The number of hydrogen-bond donors (Lipinski definition) is 1. The van der Waals surface area contributed by atoms with E-state index < -0.39 is 10.0 Å². The van der Waals surface area contributed by atoms with E-state index in [-0.39, 0.29) is 27.4 Å². The fourth-order valence-electron chi connectivity index (χ4n) is 2.38. The highest BCUT2D eigenvalue weighted by Gasteiger charge is 2.28. The predicted molar refractivity (Wildman–Crippen MR) is 86.8 cm³/mol. The highest BCUT2D eigenvalue weighted by atomic mass is 35.5. The first kappa shape index (κ1) is 18.2. The number of amides is 1. The molecule has 0 radical (unpaired) electrons. The van der Waals surface area contributed by atoms with Crippen LogP contribution in [0.4, 0.5) is 0 Å². The van der Waals surface area contributed by atoms with E-state index in [1.807, 2.05) is 6.92 Å². The van der Waals surface area contributed by atoms with E-state index in [4.69, 9.17) is 16.4 Å². The third-order valence-corrected chi connectivity index (χ3v) is 5.98. The lowest BCUT2D eigenvalue weighted by Gasteiger charge is -2.34. The zero-order valence-corrected chi connectivity index (χ0v) is 14.8. The van der Waals surface area contributed by atoms with Crippen LogP contribution in [-0.4, -0.2) is 63.5 Å². The van der Waals surface area contributed by atoms with Crippen molar-refractivity contribution in [1.29, 1.82) is 0 Å². The Morgan fingerprint density at radius 2 is 2.17 bits per heavy atom. The van der Waals surface area contributed by atoms with Gasteiger partial charge < -0.3 is 10.2 Å². The molecule has 1 aliphatic heterocycles. The standard InChI is InChI=1S/C14H20ClN3O4S/c1-10-9-16-6-7-18(10)14(19)11-4-5-12(15)13(8-11)23(20,21)17(2)22-3/h4-5,8,10,16H,6-7,9H2,1-3H3/t10-/m0/s1. The topological polar surface area (TPSA) is 79.0 Å². The molecule has 1 amide bonds. The van der Waals surface area contributed by atoms with Crippen molar-refractivity contribution in [2.75, 3.05) is 33.8 Å². The molecule has 2 rings (SSSR count). The minimum absolute atomic E-state index is 0.0358. The Kier molecular flexibility index (Phi) is 5.64. The number of hydrogen-bond acceptors (Lipinski definition) is 5. The number of sulfonamides is 1. The van der Waals surface area contributed by atoms with Gasteiger partial charge in [0.25, 0.3) is 15.9 Å². The highest BCUT2D eigenvalue weighted by Crippen LogP contribution is 2.26. The zero-order valence-electron chi connectivity index (χ0n) is 13.2. The molecular formula is C14H20ClN3O4S. The summed E-state index contributed by atoms with van der Waals surface area (Å²) in [5.41, 5.74) is 0.284. The smallest absolute Gasteiger partial charge is 0.266 e. The number of halogens is 1. The minimum Gasteiger partial charge on any atom is -0.333 e. The van der Waals surface area contributed by atoms with Crippen molar-refractivity contribution in [3.63, 3.8) is 0 Å². The van der Waals surface area contributed by atoms with Crippen LogP contribution in [0.3, 0.4) is 0 Å². The largest absolute Gasteiger partial charge is 0.333 e. The summed E-state index contributed by atoms with van der Waals surface area (Å²) >= 11 is 6.00. The first-order valence-corrected chi connectivity index (χ1v) is 8.95. The summed E-state index contributed by atoms with van der Waals surface area (Å²) in [5, 5.41) is 3.24. The number of rotatable bonds is 4. The van der Waals surface area contributed by atoms with E-state index in [1.165, 1.54) is 32.4 Å². The van der Waals surface area contributed by atoms with E-state index in [0.29, 0.717) is 24.1 Å². The van der Waals surface area contributed by atoms with Crippen molar-refractivity contribution in [3.8, 4) is 0 Å². The van der Waals surface area contributed by atoms with Crippen molar-refractivity contribution in [1.82, 2.24) is 14.7 Å².